The second kappa shape index (κ2) is 9.67. The number of rotatable bonds is 5. The molecule has 3 aliphatic rings. The molecule has 166 valence electrons. The van der Waals surface area contributed by atoms with Gasteiger partial charge in [0.1, 0.15) is 0 Å². The molecule has 3 fully saturated rings. The average molecular weight is 499 g/mol. The highest BCUT2D eigenvalue weighted by Gasteiger charge is 2.39. The summed E-state index contributed by atoms with van der Waals surface area (Å²) in [7, 11) is -3.03. The van der Waals surface area contributed by atoms with Crippen molar-refractivity contribution >= 4 is 31.7 Å². The standard InChI is InChI=1S/C22H31BrN2O4S/c23-18-8-6-17(7-9-18)21-14-24(11-12-29-21)15-22(26)25(19-4-2-1-3-5-19)20-10-13-30(27,28)16-20/h6-9,19-21H,1-5,10-16H2. The minimum absolute atomic E-state index is 0.0466. The van der Waals surface area contributed by atoms with Gasteiger partial charge in [-0.3, -0.25) is 9.69 Å². The summed E-state index contributed by atoms with van der Waals surface area (Å²) < 4.78 is 31.2. The number of ether oxygens (including phenoxy) is 1. The molecule has 0 N–H and O–H groups in total. The Labute approximate surface area is 188 Å². The second-order valence-corrected chi connectivity index (χ2v) is 11.9. The third kappa shape index (κ3) is 5.44. The lowest BCUT2D eigenvalue weighted by Gasteiger charge is -2.40. The molecule has 0 aromatic heterocycles. The van der Waals surface area contributed by atoms with Gasteiger partial charge in [0.25, 0.3) is 0 Å². The van der Waals surface area contributed by atoms with Crippen LogP contribution in [0.2, 0.25) is 0 Å². The van der Waals surface area contributed by atoms with E-state index in [-0.39, 0.29) is 35.6 Å². The van der Waals surface area contributed by atoms with Crippen molar-refractivity contribution in [2.75, 3.05) is 37.7 Å². The summed E-state index contributed by atoms with van der Waals surface area (Å²) in [5.74, 6) is 0.414. The number of carbonyl (C=O) groups excluding carboxylic acids is 1. The molecule has 0 radical (unpaired) electrons. The van der Waals surface area contributed by atoms with E-state index in [1.807, 2.05) is 17.0 Å². The topological polar surface area (TPSA) is 66.9 Å². The lowest BCUT2D eigenvalue weighted by molar-refractivity contribution is -0.139. The van der Waals surface area contributed by atoms with Crippen molar-refractivity contribution in [1.82, 2.24) is 9.80 Å². The molecule has 2 heterocycles. The first-order valence-corrected chi connectivity index (χ1v) is 13.6. The molecule has 0 bridgehead atoms. The van der Waals surface area contributed by atoms with Gasteiger partial charge in [0.2, 0.25) is 5.91 Å². The normalized spacial score (nSPS) is 27.8. The monoisotopic (exact) mass is 498 g/mol. The maximum absolute atomic E-state index is 13.4. The Bertz CT molecular complexity index is 839. The zero-order valence-electron chi connectivity index (χ0n) is 17.3. The summed E-state index contributed by atoms with van der Waals surface area (Å²) in [5, 5.41) is 0. The van der Waals surface area contributed by atoms with E-state index in [1.165, 1.54) is 6.42 Å². The number of benzene rings is 1. The number of nitrogens with zero attached hydrogens (tertiary/aromatic N) is 2. The van der Waals surface area contributed by atoms with Gasteiger partial charge in [0, 0.05) is 29.6 Å². The average Bonchev–Trinajstić information content (AvgIpc) is 3.09. The quantitative estimate of drug-likeness (QED) is 0.623. The first kappa shape index (κ1) is 22.2. The Morgan fingerprint density at radius 1 is 1.10 bits per heavy atom. The number of hydrogen-bond donors (Lipinski definition) is 0. The zero-order valence-corrected chi connectivity index (χ0v) is 19.7. The SMILES string of the molecule is O=C(CN1CCOC(c2ccc(Br)cc2)C1)N(C1CCCCC1)C1CCS(=O)(=O)C1. The predicted octanol–water partition coefficient (Wildman–Crippen LogP) is 3.17. The Balaban J connectivity index is 1.44. The summed E-state index contributed by atoms with van der Waals surface area (Å²) >= 11 is 3.46. The highest BCUT2D eigenvalue weighted by Crippen LogP contribution is 2.29. The van der Waals surface area contributed by atoms with Gasteiger partial charge in [-0.25, -0.2) is 8.42 Å². The molecule has 2 saturated heterocycles. The summed E-state index contributed by atoms with van der Waals surface area (Å²) in [5.41, 5.74) is 1.11. The Morgan fingerprint density at radius 2 is 1.83 bits per heavy atom. The zero-order chi connectivity index (χ0) is 21.1. The molecule has 2 aliphatic heterocycles. The van der Waals surface area contributed by atoms with Crippen LogP contribution in [0.25, 0.3) is 0 Å². The highest BCUT2D eigenvalue weighted by molar-refractivity contribution is 9.10. The van der Waals surface area contributed by atoms with Gasteiger partial charge < -0.3 is 9.64 Å². The maximum Gasteiger partial charge on any atom is 0.237 e. The molecule has 2 atom stereocenters. The molecule has 1 amide bonds. The largest absolute Gasteiger partial charge is 0.371 e. The minimum Gasteiger partial charge on any atom is -0.371 e. The fourth-order valence-corrected chi connectivity index (χ4v) is 7.03. The summed E-state index contributed by atoms with van der Waals surface area (Å²) in [6, 6.07) is 8.15. The van der Waals surface area contributed by atoms with Crippen LogP contribution in [0.4, 0.5) is 0 Å². The molecular weight excluding hydrogens is 468 g/mol. The number of halogens is 1. The Morgan fingerprint density at radius 3 is 2.50 bits per heavy atom. The van der Waals surface area contributed by atoms with Gasteiger partial charge in [-0.1, -0.05) is 47.3 Å². The van der Waals surface area contributed by atoms with Crippen LogP contribution in [-0.4, -0.2) is 74.0 Å². The van der Waals surface area contributed by atoms with Crippen LogP contribution < -0.4 is 0 Å². The van der Waals surface area contributed by atoms with E-state index in [1.54, 1.807) is 0 Å². The van der Waals surface area contributed by atoms with Gasteiger partial charge in [0.05, 0.1) is 30.8 Å². The molecule has 1 aromatic rings. The van der Waals surface area contributed by atoms with Crippen LogP contribution in [0.1, 0.15) is 50.2 Å². The fraction of sp³-hybridized carbons (Fsp3) is 0.682. The van der Waals surface area contributed by atoms with Crippen molar-refractivity contribution in [1.29, 1.82) is 0 Å². The molecule has 1 saturated carbocycles. The number of carbonyl (C=O) groups is 1. The van der Waals surface area contributed by atoms with E-state index in [0.29, 0.717) is 26.1 Å². The van der Waals surface area contributed by atoms with Gasteiger partial charge in [-0.15, -0.1) is 0 Å². The molecule has 8 heteroatoms. The third-order valence-corrected chi connectivity index (χ3v) is 8.89. The van der Waals surface area contributed by atoms with E-state index >= 15 is 0 Å². The van der Waals surface area contributed by atoms with Crippen molar-refractivity contribution in [2.45, 2.75) is 56.7 Å². The number of hydrogen-bond acceptors (Lipinski definition) is 5. The van der Waals surface area contributed by atoms with Gasteiger partial charge in [0.15, 0.2) is 9.84 Å². The van der Waals surface area contributed by atoms with Crippen LogP contribution in [0.15, 0.2) is 28.7 Å². The number of amides is 1. The molecule has 1 aliphatic carbocycles. The van der Waals surface area contributed by atoms with Crippen LogP contribution in [0.3, 0.4) is 0 Å². The Hall–Kier alpha value is -0.960. The molecule has 4 rings (SSSR count). The lowest BCUT2D eigenvalue weighted by atomic mass is 9.92. The van der Waals surface area contributed by atoms with E-state index in [4.69, 9.17) is 4.74 Å². The van der Waals surface area contributed by atoms with Crippen molar-refractivity contribution in [2.24, 2.45) is 0 Å². The highest BCUT2D eigenvalue weighted by atomic mass is 79.9. The van der Waals surface area contributed by atoms with Crippen LogP contribution in [0, 0.1) is 0 Å². The fourth-order valence-electron chi connectivity index (χ4n) is 5.06. The number of sulfone groups is 1. The van der Waals surface area contributed by atoms with E-state index in [0.717, 1.165) is 42.3 Å². The van der Waals surface area contributed by atoms with Crippen LogP contribution >= 0.6 is 15.9 Å². The smallest absolute Gasteiger partial charge is 0.237 e. The molecule has 1 aromatic carbocycles. The molecular formula is C22H31BrN2O4S. The first-order chi connectivity index (χ1) is 14.4. The van der Waals surface area contributed by atoms with Crippen LogP contribution in [0.5, 0.6) is 0 Å². The minimum atomic E-state index is -3.03. The maximum atomic E-state index is 13.4. The Kier molecular flexibility index (Phi) is 7.17. The molecule has 30 heavy (non-hydrogen) atoms. The van der Waals surface area contributed by atoms with E-state index in [9.17, 15) is 13.2 Å². The molecule has 2 unspecified atom stereocenters. The van der Waals surface area contributed by atoms with Gasteiger partial charge in [-0.05, 0) is 37.0 Å². The number of morpholine rings is 1. The summed E-state index contributed by atoms with van der Waals surface area (Å²) in [4.78, 5) is 17.6. The van der Waals surface area contributed by atoms with Crippen molar-refractivity contribution in [3.63, 3.8) is 0 Å². The second-order valence-electron chi connectivity index (χ2n) is 8.80. The summed E-state index contributed by atoms with van der Waals surface area (Å²) in [6.45, 7) is 2.33. The van der Waals surface area contributed by atoms with E-state index in [2.05, 4.69) is 33.0 Å². The van der Waals surface area contributed by atoms with Crippen molar-refractivity contribution < 1.29 is 17.9 Å². The van der Waals surface area contributed by atoms with Crippen molar-refractivity contribution in [3.05, 3.63) is 34.3 Å². The summed E-state index contributed by atoms with van der Waals surface area (Å²) in [6.07, 6.45) is 5.97. The van der Waals surface area contributed by atoms with Crippen molar-refractivity contribution in [3.8, 4) is 0 Å². The molecule has 0 spiro atoms. The first-order valence-electron chi connectivity index (χ1n) is 11.0. The third-order valence-electron chi connectivity index (χ3n) is 6.61. The molecule has 6 nitrogen and oxygen atoms in total. The lowest BCUT2D eigenvalue weighted by Crippen LogP contribution is -2.53. The van der Waals surface area contributed by atoms with Gasteiger partial charge >= 0.3 is 0 Å². The predicted molar refractivity (Wildman–Crippen MR) is 120 cm³/mol. The van der Waals surface area contributed by atoms with Crippen LogP contribution in [-0.2, 0) is 19.4 Å². The van der Waals surface area contributed by atoms with Gasteiger partial charge in [-0.2, -0.15) is 0 Å². The van der Waals surface area contributed by atoms with E-state index < -0.39 is 9.84 Å².